The van der Waals surface area contributed by atoms with E-state index in [0.717, 1.165) is 18.6 Å². The second-order valence-corrected chi connectivity index (χ2v) is 7.34. The highest BCUT2D eigenvalue weighted by Crippen LogP contribution is 2.20. The molecule has 9 nitrogen and oxygen atoms in total. The number of piperidine rings is 1. The van der Waals surface area contributed by atoms with Gasteiger partial charge < -0.3 is 19.4 Å². The Morgan fingerprint density at radius 3 is 2.61 bits per heavy atom. The Morgan fingerprint density at radius 2 is 1.94 bits per heavy atom. The summed E-state index contributed by atoms with van der Waals surface area (Å²) in [6, 6.07) is 7.19. The maximum Gasteiger partial charge on any atom is 0.310 e. The smallest absolute Gasteiger partial charge is 0.310 e. The van der Waals surface area contributed by atoms with Gasteiger partial charge in [0.1, 0.15) is 11.4 Å². The summed E-state index contributed by atoms with van der Waals surface area (Å²) in [6.07, 6.45) is 1.80. The maximum atomic E-state index is 12.6. The number of H-pyrrole nitrogens is 1. The molecule has 9 heteroatoms. The minimum Gasteiger partial charge on any atom is -0.494 e. The quantitative estimate of drug-likeness (QED) is 0.639. The van der Waals surface area contributed by atoms with E-state index in [1.54, 1.807) is 36.1 Å². The van der Waals surface area contributed by atoms with Crippen molar-refractivity contribution in [2.45, 2.75) is 39.5 Å². The zero-order chi connectivity index (χ0) is 22.2. The first-order valence-corrected chi connectivity index (χ1v) is 10.6. The predicted molar refractivity (Wildman–Crippen MR) is 114 cm³/mol. The number of amides is 1. The van der Waals surface area contributed by atoms with Crippen molar-refractivity contribution in [3.63, 3.8) is 0 Å². The number of esters is 1. The highest BCUT2D eigenvalue weighted by atomic mass is 16.5. The van der Waals surface area contributed by atoms with Gasteiger partial charge in [-0.1, -0.05) is 0 Å². The number of aromatic amines is 1. The van der Waals surface area contributed by atoms with Gasteiger partial charge in [0.2, 0.25) is 5.91 Å². The molecule has 3 rings (SSSR count). The van der Waals surface area contributed by atoms with Crippen molar-refractivity contribution >= 4 is 11.9 Å². The van der Waals surface area contributed by atoms with Crippen LogP contribution in [0, 0.1) is 5.92 Å². The van der Waals surface area contributed by atoms with Gasteiger partial charge >= 0.3 is 5.97 Å². The van der Waals surface area contributed by atoms with Gasteiger partial charge in [-0.15, -0.1) is 10.2 Å². The summed E-state index contributed by atoms with van der Waals surface area (Å²) in [5, 5.41) is 8.13. The molecule has 1 atom stereocenters. The van der Waals surface area contributed by atoms with Crippen LogP contribution in [0.1, 0.15) is 38.8 Å². The van der Waals surface area contributed by atoms with Crippen molar-refractivity contribution in [1.29, 1.82) is 0 Å². The van der Waals surface area contributed by atoms with E-state index in [9.17, 15) is 14.4 Å². The third kappa shape index (κ3) is 5.90. The van der Waals surface area contributed by atoms with E-state index in [0.29, 0.717) is 37.7 Å². The first kappa shape index (κ1) is 22.5. The number of likely N-dealkylation sites (tertiary alicyclic amines) is 1. The van der Waals surface area contributed by atoms with Crippen LogP contribution >= 0.6 is 0 Å². The highest BCUT2D eigenvalue weighted by molar-refractivity contribution is 5.78. The van der Waals surface area contributed by atoms with E-state index in [1.807, 2.05) is 6.92 Å². The molecule has 1 fully saturated rings. The van der Waals surface area contributed by atoms with Crippen molar-refractivity contribution in [3.8, 4) is 17.1 Å². The molecule has 1 amide bonds. The van der Waals surface area contributed by atoms with Gasteiger partial charge in [-0.25, -0.2) is 0 Å². The van der Waals surface area contributed by atoms with Gasteiger partial charge in [-0.05, 0) is 51.0 Å². The minimum absolute atomic E-state index is 0.106. The molecular weight excluding hydrogens is 400 g/mol. The Labute approximate surface area is 180 Å². The Bertz CT molecular complexity index is 957. The average Bonchev–Trinajstić information content (AvgIpc) is 2.79. The third-order valence-corrected chi connectivity index (χ3v) is 5.17. The summed E-state index contributed by atoms with van der Waals surface area (Å²) >= 11 is 0. The van der Waals surface area contributed by atoms with Gasteiger partial charge in [0.15, 0.2) is 5.82 Å². The van der Waals surface area contributed by atoms with E-state index >= 15 is 0 Å². The van der Waals surface area contributed by atoms with Crippen LogP contribution in [0.15, 0.2) is 29.1 Å². The molecule has 1 aliphatic heterocycles. The molecule has 1 aromatic carbocycles. The lowest BCUT2D eigenvalue weighted by Crippen LogP contribution is -2.43. The van der Waals surface area contributed by atoms with E-state index in [2.05, 4.69) is 15.2 Å². The van der Waals surface area contributed by atoms with Crippen molar-refractivity contribution in [3.05, 3.63) is 40.3 Å². The topological polar surface area (TPSA) is 114 Å². The number of aromatic nitrogens is 3. The molecule has 2 heterocycles. The van der Waals surface area contributed by atoms with Crippen molar-refractivity contribution in [1.82, 2.24) is 20.1 Å². The van der Waals surface area contributed by atoms with Crippen LogP contribution < -0.4 is 10.3 Å². The Hall–Kier alpha value is -3.23. The molecule has 1 aliphatic rings. The van der Waals surface area contributed by atoms with Crippen LogP contribution in [-0.2, 0) is 20.7 Å². The summed E-state index contributed by atoms with van der Waals surface area (Å²) in [7, 11) is 0. The summed E-state index contributed by atoms with van der Waals surface area (Å²) in [5.41, 5.74) is 0.561. The standard InChI is InChI=1S/C22H28N4O5/c1-3-30-17-9-7-15(8-10-17)20-23-21(28)18(24-25-20)11-12-19(27)26-13-5-6-16(14-26)22(29)31-4-2/h7-10,16H,3-6,11-14H2,1-2H3,(H,23,25,28). The monoisotopic (exact) mass is 428 g/mol. The first-order valence-electron chi connectivity index (χ1n) is 10.6. The molecule has 1 saturated heterocycles. The van der Waals surface area contributed by atoms with Crippen molar-refractivity contribution < 1.29 is 19.1 Å². The lowest BCUT2D eigenvalue weighted by Gasteiger charge is -2.31. The van der Waals surface area contributed by atoms with E-state index in [-0.39, 0.29) is 41.9 Å². The largest absolute Gasteiger partial charge is 0.494 e. The number of aryl methyl sites for hydroxylation is 1. The van der Waals surface area contributed by atoms with E-state index < -0.39 is 0 Å². The number of hydrogen-bond donors (Lipinski definition) is 1. The molecule has 0 saturated carbocycles. The Morgan fingerprint density at radius 1 is 1.16 bits per heavy atom. The second-order valence-electron chi connectivity index (χ2n) is 7.34. The van der Waals surface area contributed by atoms with Gasteiger partial charge in [-0.3, -0.25) is 14.4 Å². The van der Waals surface area contributed by atoms with Crippen LogP contribution in [0.5, 0.6) is 5.75 Å². The number of benzene rings is 1. The summed E-state index contributed by atoms with van der Waals surface area (Å²) < 4.78 is 10.5. The van der Waals surface area contributed by atoms with Crippen LogP contribution in [-0.4, -0.2) is 58.3 Å². The number of nitrogens with zero attached hydrogens (tertiary/aromatic N) is 3. The molecule has 2 aromatic rings. The maximum absolute atomic E-state index is 12.6. The first-order chi connectivity index (χ1) is 15.0. The lowest BCUT2D eigenvalue weighted by atomic mass is 9.98. The Balaban J connectivity index is 1.58. The molecule has 166 valence electrons. The second kappa shape index (κ2) is 10.7. The summed E-state index contributed by atoms with van der Waals surface area (Å²) in [5.74, 6) is 0.447. The molecular formula is C22H28N4O5. The summed E-state index contributed by atoms with van der Waals surface area (Å²) in [4.78, 5) is 41.4. The van der Waals surface area contributed by atoms with Crippen LogP contribution in [0.4, 0.5) is 0 Å². The van der Waals surface area contributed by atoms with Crippen molar-refractivity contribution in [2.24, 2.45) is 5.92 Å². The number of carbonyl (C=O) groups is 2. The molecule has 1 unspecified atom stereocenters. The zero-order valence-corrected chi connectivity index (χ0v) is 17.9. The third-order valence-electron chi connectivity index (χ3n) is 5.17. The fourth-order valence-corrected chi connectivity index (χ4v) is 3.57. The van der Waals surface area contributed by atoms with Gasteiger partial charge in [0.05, 0.1) is 19.1 Å². The molecule has 0 bridgehead atoms. The molecule has 0 aliphatic carbocycles. The number of carbonyl (C=O) groups excluding carboxylic acids is 2. The minimum atomic E-state index is -0.366. The fraction of sp³-hybridized carbons (Fsp3) is 0.500. The van der Waals surface area contributed by atoms with E-state index in [1.165, 1.54) is 0 Å². The van der Waals surface area contributed by atoms with Gasteiger partial charge in [-0.2, -0.15) is 0 Å². The molecule has 0 spiro atoms. The van der Waals surface area contributed by atoms with Crippen LogP contribution in [0.3, 0.4) is 0 Å². The molecule has 1 aromatic heterocycles. The molecule has 31 heavy (non-hydrogen) atoms. The fourth-order valence-electron chi connectivity index (χ4n) is 3.57. The predicted octanol–water partition coefficient (Wildman–Crippen LogP) is 1.96. The van der Waals surface area contributed by atoms with Crippen LogP contribution in [0.25, 0.3) is 11.4 Å². The molecule has 1 N–H and O–H groups in total. The number of nitrogens with one attached hydrogen (secondary N) is 1. The number of ether oxygens (including phenoxy) is 2. The van der Waals surface area contributed by atoms with E-state index in [4.69, 9.17) is 9.47 Å². The SMILES string of the molecule is CCOC(=O)C1CCCN(C(=O)CCc2nnc(-c3ccc(OCC)cc3)[nH]c2=O)C1. The Kier molecular flexibility index (Phi) is 7.75. The normalized spacial score (nSPS) is 16.1. The number of hydrogen-bond acceptors (Lipinski definition) is 7. The highest BCUT2D eigenvalue weighted by Gasteiger charge is 2.29. The van der Waals surface area contributed by atoms with Gasteiger partial charge in [0, 0.05) is 31.5 Å². The van der Waals surface area contributed by atoms with Gasteiger partial charge in [0.25, 0.3) is 5.56 Å². The van der Waals surface area contributed by atoms with Crippen LogP contribution in [0.2, 0.25) is 0 Å². The number of rotatable bonds is 8. The zero-order valence-electron chi connectivity index (χ0n) is 17.9. The lowest BCUT2D eigenvalue weighted by molar-refractivity contribution is -0.151. The summed E-state index contributed by atoms with van der Waals surface area (Å²) in [6.45, 7) is 5.54. The molecule has 0 radical (unpaired) electrons. The average molecular weight is 428 g/mol. The van der Waals surface area contributed by atoms with Crippen molar-refractivity contribution in [2.75, 3.05) is 26.3 Å².